The maximum Gasteiger partial charge on any atom is 0.0618 e. The third kappa shape index (κ3) is 2.96. The van der Waals surface area contributed by atoms with Crippen LogP contribution >= 0.6 is 22.6 Å². The van der Waals surface area contributed by atoms with Gasteiger partial charge in [0.15, 0.2) is 0 Å². The Balaban J connectivity index is 2.34. The molecule has 0 unspecified atom stereocenters. The fraction of sp³-hybridized carbons (Fsp3) is 0.200. The van der Waals surface area contributed by atoms with Gasteiger partial charge in [-0.3, -0.25) is 0 Å². The topological polar surface area (TPSA) is 38.0 Å². The second-order valence-electron chi connectivity index (χ2n) is 4.60. The molecule has 2 rings (SSSR count). The van der Waals surface area contributed by atoms with E-state index in [1.807, 2.05) is 18.2 Å². The molecule has 0 bridgehead atoms. The van der Waals surface area contributed by atoms with Gasteiger partial charge in [-0.15, -0.1) is 0 Å². The molecule has 2 nitrogen and oxygen atoms in total. The molecule has 0 saturated carbocycles. The molecule has 0 spiro atoms. The van der Waals surface area contributed by atoms with Gasteiger partial charge in [0.2, 0.25) is 0 Å². The van der Waals surface area contributed by atoms with Crippen LogP contribution in [0.5, 0.6) is 0 Å². The maximum atomic E-state index is 6.03. The molecule has 94 valence electrons. The van der Waals surface area contributed by atoms with Gasteiger partial charge in [0, 0.05) is 9.26 Å². The quantitative estimate of drug-likeness (QED) is 0.619. The van der Waals surface area contributed by atoms with Crippen LogP contribution in [0.15, 0.2) is 42.5 Å². The number of anilines is 3. The second-order valence-corrected chi connectivity index (χ2v) is 5.84. The first kappa shape index (κ1) is 13.2. The molecule has 18 heavy (non-hydrogen) atoms. The first-order chi connectivity index (χ1) is 8.58. The molecule has 0 fully saturated rings. The fourth-order valence-electron chi connectivity index (χ4n) is 1.91. The Bertz CT molecular complexity index is 550. The molecule has 0 saturated heterocycles. The largest absolute Gasteiger partial charge is 0.397 e. The van der Waals surface area contributed by atoms with Crippen LogP contribution < -0.4 is 11.1 Å². The van der Waals surface area contributed by atoms with Gasteiger partial charge in [-0.1, -0.05) is 32.0 Å². The molecule has 0 aromatic heterocycles. The van der Waals surface area contributed by atoms with E-state index in [1.54, 1.807) is 0 Å². The number of nitrogens with one attached hydrogen (secondary N) is 1. The summed E-state index contributed by atoms with van der Waals surface area (Å²) in [4.78, 5) is 0. The zero-order chi connectivity index (χ0) is 13.1. The number of nitrogen functional groups attached to an aromatic ring is 1. The summed E-state index contributed by atoms with van der Waals surface area (Å²) in [6.45, 7) is 4.38. The second kappa shape index (κ2) is 5.61. The van der Waals surface area contributed by atoms with Gasteiger partial charge < -0.3 is 11.1 Å². The average Bonchev–Trinajstić information content (AvgIpc) is 2.33. The average molecular weight is 352 g/mol. The van der Waals surface area contributed by atoms with Crippen molar-refractivity contribution >= 4 is 39.7 Å². The van der Waals surface area contributed by atoms with Crippen molar-refractivity contribution in [3.05, 3.63) is 51.6 Å². The summed E-state index contributed by atoms with van der Waals surface area (Å²) in [6.07, 6.45) is 0. The number of hydrogen-bond donors (Lipinski definition) is 2. The highest BCUT2D eigenvalue weighted by molar-refractivity contribution is 14.1. The Kier molecular flexibility index (Phi) is 4.11. The lowest BCUT2D eigenvalue weighted by Gasteiger charge is -2.15. The van der Waals surface area contributed by atoms with Crippen molar-refractivity contribution < 1.29 is 0 Å². The van der Waals surface area contributed by atoms with Gasteiger partial charge >= 0.3 is 0 Å². The van der Waals surface area contributed by atoms with Crippen LogP contribution in [0.25, 0.3) is 0 Å². The number of benzene rings is 2. The van der Waals surface area contributed by atoms with Crippen molar-refractivity contribution in [3.8, 4) is 0 Å². The number of rotatable bonds is 3. The van der Waals surface area contributed by atoms with Crippen molar-refractivity contribution in [2.45, 2.75) is 19.8 Å². The van der Waals surface area contributed by atoms with Crippen molar-refractivity contribution in [1.82, 2.24) is 0 Å². The summed E-state index contributed by atoms with van der Waals surface area (Å²) in [5, 5.41) is 3.42. The molecule has 0 aliphatic rings. The van der Waals surface area contributed by atoms with Gasteiger partial charge in [-0.2, -0.15) is 0 Å². The molecule has 0 aliphatic heterocycles. The van der Waals surface area contributed by atoms with Crippen LogP contribution in [-0.4, -0.2) is 0 Å². The van der Waals surface area contributed by atoms with Gasteiger partial charge in [0.25, 0.3) is 0 Å². The summed E-state index contributed by atoms with van der Waals surface area (Å²) < 4.78 is 1.15. The standard InChI is InChI=1S/C15H17IN2/c1-10(2)12-5-3-4-6-14(12)18-15-8-7-11(16)9-13(15)17/h3-10,18H,17H2,1-2H3. The normalized spacial score (nSPS) is 10.7. The number of halogens is 1. The van der Waals surface area contributed by atoms with E-state index in [9.17, 15) is 0 Å². The van der Waals surface area contributed by atoms with E-state index in [0.717, 1.165) is 20.6 Å². The lowest BCUT2D eigenvalue weighted by molar-refractivity contribution is 0.869. The fourth-order valence-corrected chi connectivity index (χ4v) is 2.42. The van der Waals surface area contributed by atoms with Crippen molar-refractivity contribution in [3.63, 3.8) is 0 Å². The van der Waals surface area contributed by atoms with E-state index in [2.05, 4.69) is 66.0 Å². The number of para-hydroxylation sites is 1. The van der Waals surface area contributed by atoms with E-state index in [0.29, 0.717) is 5.92 Å². The smallest absolute Gasteiger partial charge is 0.0618 e. The molecule has 0 heterocycles. The van der Waals surface area contributed by atoms with E-state index < -0.39 is 0 Å². The van der Waals surface area contributed by atoms with Crippen LogP contribution in [0.3, 0.4) is 0 Å². The summed E-state index contributed by atoms with van der Waals surface area (Å²) >= 11 is 2.26. The van der Waals surface area contributed by atoms with E-state index in [4.69, 9.17) is 5.73 Å². The first-order valence-corrected chi connectivity index (χ1v) is 7.07. The van der Waals surface area contributed by atoms with Crippen molar-refractivity contribution in [2.24, 2.45) is 0 Å². The van der Waals surface area contributed by atoms with Crippen LogP contribution in [0.1, 0.15) is 25.3 Å². The number of hydrogen-bond acceptors (Lipinski definition) is 2. The predicted octanol–water partition coefficient (Wildman–Crippen LogP) is 4.74. The molecule has 2 aromatic carbocycles. The van der Waals surface area contributed by atoms with E-state index >= 15 is 0 Å². The highest BCUT2D eigenvalue weighted by Crippen LogP contribution is 2.29. The van der Waals surface area contributed by atoms with Crippen LogP contribution in [-0.2, 0) is 0 Å². The minimum Gasteiger partial charge on any atom is -0.397 e. The molecular formula is C15H17IN2. The third-order valence-corrected chi connectivity index (χ3v) is 3.54. The van der Waals surface area contributed by atoms with Gasteiger partial charge in [0.05, 0.1) is 11.4 Å². The Morgan fingerprint density at radius 1 is 1.06 bits per heavy atom. The molecule has 3 N–H and O–H groups in total. The summed E-state index contributed by atoms with van der Waals surface area (Å²) in [5.41, 5.74) is 10.2. The lowest BCUT2D eigenvalue weighted by Crippen LogP contribution is -2.00. The summed E-state index contributed by atoms with van der Waals surface area (Å²) in [7, 11) is 0. The van der Waals surface area contributed by atoms with Crippen LogP contribution in [0.2, 0.25) is 0 Å². The molecular weight excluding hydrogens is 335 g/mol. The first-order valence-electron chi connectivity index (χ1n) is 5.99. The minimum atomic E-state index is 0.485. The Labute approximate surface area is 122 Å². The van der Waals surface area contributed by atoms with Crippen molar-refractivity contribution in [2.75, 3.05) is 11.1 Å². The maximum absolute atomic E-state index is 6.03. The Hall–Kier alpha value is -1.23. The van der Waals surface area contributed by atoms with Gasteiger partial charge in [0.1, 0.15) is 0 Å². The highest BCUT2D eigenvalue weighted by Gasteiger charge is 2.07. The zero-order valence-corrected chi connectivity index (χ0v) is 12.7. The van der Waals surface area contributed by atoms with Crippen LogP contribution in [0.4, 0.5) is 17.1 Å². The van der Waals surface area contributed by atoms with E-state index in [1.165, 1.54) is 5.56 Å². The SMILES string of the molecule is CC(C)c1ccccc1Nc1ccc(I)cc1N. The van der Waals surface area contributed by atoms with Gasteiger partial charge in [-0.05, 0) is 58.3 Å². The molecule has 0 aliphatic carbocycles. The molecule has 0 atom stereocenters. The Morgan fingerprint density at radius 3 is 2.44 bits per heavy atom. The van der Waals surface area contributed by atoms with Gasteiger partial charge in [-0.25, -0.2) is 0 Å². The monoisotopic (exact) mass is 352 g/mol. The van der Waals surface area contributed by atoms with E-state index in [-0.39, 0.29) is 0 Å². The predicted molar refractivity (Wildman–Crippen MR) is 87.4 cm³/mol. The molecule has 3 heteroatoms. The van der Waals surface area contributed by atoms with Crippen LogP contribution in [0, 0.1) is 3.57 Å². The third-order valence-electron chi connectivity index (χ3n) is 2.87. The molecule has 2 aromatic rings. The summed E-state index contributed by atoms with van der Waals surface area (Å²) in [5.74, 6) is 0.485. The molecule has 0 amide bonds. The molecule has 0 radical (unpaired) electrons. The minimum absolute atomic E-state index is 0.485. The summed E-state index contributed by atoms with van der Waals surface area (Å²) in [6, 6.07) is 14.4. The Morgan fingerprint density at radius 2 is 1.78 bits per heavy atom. The van der Waals surface area contributed by atoms with Crippen molar-refractivity contribution in [1.29, 1.82) is 0 Å². The zero-order valence-electron chi connectivity index (χ0n) is 10.6. The highest BCUT2D eigenvalue weighted by atomic mass is 127. The lowest BCUT2D eigenvalue weighted by atomic mass is 10.0. The number of nitrogens with two attached hydrogens (primary N) is 1.